The Morgan fingerprint density at radius 2 is 1.89 bits per heavy atom. The molecule has 2 fully saturated rings. The van der Waals surface area contributed by atoms with Crippen LogP contribution in [0.3, 0.4) is 0 Å². The lowest BCUT2D eigenvalue weighted by atomic mass is 10.1. The molecule has 0 amide bonds. The fourth-order valence-corrected chi connectivity index (χ4v) is 3.39. The highest BCUT2D eigenvalue weighted by molar-refractivity contribution is 5.94. The zero-order chi connectivity index (χ0) is 20.2. The molecule has 0 bridgehead atoms. The maximum Gasteiger partial charge on any atom is 0.341 e. The molecular formula is C17H18F3N5O3. The number of aromatic nitrogens is 1. The van der Waals surface area contributed by atoms with Gasteiger partial charge in [-0.1, -0.05) is 0 Å². The first-order valence-electron chi connectivity index (χ1n) is 8.73. The van der Waals surface area contributed by atoms with Gasteiger partial charge in [-0.05, 0) is 6.07 Å². The number of anilines is 1. The molecule has 4 rings (SSSR count). The number of nitrogens with one attached hydrogen (secondary N) is 1. The van der Waals surface area contributed by atoms with E-state index in [0.717, 1.165) is 16.8 Å². The van der Waals surface area contributed by atoms with Crippen LogP contribution in [0.25, 0.3) is 10.9 Å². The minimum atomic E-state index is -1.54. The summed E-state index contributed by atoms with van der Waals surface area (Å²) in [5.74, 6) is 2.01. The number of aromatic carboxylic acids is 1. The second-order valence-electron chi connectivity index (χ2n) is 6.98. The van der Waals surface area contributed by atoms with Gasteiger partial charge in [0.1, 0.15) is 17.4 Å². The zero-order valence-electron chi connectivity index (χ0n) is 14.7. The van der Waals surface area contributed by atoms with Gasteiger partial charge in [-0.15, -0.1) is 0 Å². The van der Waals surface area contributed by atoms with Crippen LogP contribution in [0.2, 0.25) is 0 Å². The number of nitrogens with two attached hydrogens (primary N) is 1. The lowest BCUT2D eigenvalue weighted by Crippen LogP contribution is -2.51. The van der Waals surface area contributed by atoms with Gasteiger partial charge < -0.3 is 15.1 Å². The molecular weight excluding hydrogens is 379 g/mol. The van der Waals surface area contributed by atoms with Crippen molar-refractivity contribution in [3.8, 4) is 0 Å². The van der Waals surface area contributed by atoms with E-state index in [9.17, 15) is 23.5 Å². The third kappa shape index (κ3) is 3.11. The molecule has 2 aromatic rings. The largest absolute Gasteiger partial charge is 0.477 e. The first-order chi connectivity index (χ1) is 13.3. The molecule has 28 heavy (non-hydrogen) atoms. The van der Waals surface area contributed by atoms with Crippen molar-refractivity contribution in [2.75, 3.05) is 31.6 Å². The standard InChI is InChI=1S/C17H18F3N5O3/c18-10-6-12(10)25-7-9(17(27)28)16(26)8-5-11(19)14(13(20)15(8)25)22-24-3-1-23(21)2-4-24/h5,7,10,12,22H,1-4,6,21H2,(H,27,28). The first kappa shape index (κ1) is 18.7. The fraction of sp³-hybridized carbons (Fsp3) is 0.412. The minimum absolute atomic E-state index is 0.0646. The van der Waals surface area contributed by atoms with Gasteiger partial charge >= 0.3 is 5.97 Å². The molecule has 2 atom stereocenters. The number of carbonyl (C=O) groups is 1. The highest BCUT2D eigenvalue weighted by Crippen LogP contribution is 2.41. The quantitative estimate of drug-likeness (QED) is 0.664. The Balaban J connectivity index is 1.86. The molecule has 0 spiro atoms. The van der Waals surface area contributed by atoms with Crippen molar-refractivity contribution in [3.63, 3.8) is 0 Å². The molecule has 8 nitrogen and oxygen atoms in total. The van der Waals surface area contributed by atoms with Gasteiger partial charge in [0.2, 0.25) is 5.43 Å². The number of pyridine rings is 1. The Bertz CT molecular complexity index is 1020. The number of rotatable bonds is 4. The van der Waals surface area contributed by atoms with Gasteiger partial charge in [0.15, 0.2) is 11.6 Å². The second-order valence-corrected chi connectivity index (χ2v) is 6.98. The first-order valence-corrected chi connectivity index (χ1v) is 8.73. The minimum Gasteiger partial charge on any atom is -0.477 e. The number of piperazine rings is 1. The third-order valence-corrected chi connectivity index (χ3v) is 5.06. The molecule has 1 saturated carbocycles. The molecule has 1 aromatic carbocycles. The lowest BCUT2D eigenvalue weighted by molar-refractivity contribution is 0.0694. The average Bonchev–Trinajstić information content (AvgIpc) is 3.37. The Kier molecular flexibility index (Phi) is 4.52. The van der Waals surface area contributed by atoms with E-state index in [4.69, 9.17) is 5.84 Å². The number of benzene rings is 1. The smallest absolute Gasteiger partial charge is 0.341 e. The Morgan fingerprint density at radius 3 is 2.46 bits per heavy atom. The van der Waals surface area contributed by atoms with Crippen LogP contribution in [0.4, 0.5) is 18.9 Å². The van der Waals surface area contributed by atoms with E-state index in [1.54, 1.807) is 10.0 Å². The van der Waals surface area contributed by atoms with Crippen LogP contribution in [0.1, 0.15) is 22.8 Å². The summed E-state index contributed by atoms with van der Waals surface area (Å²) in [7, 11) is 0. The van der Waals surface area contributed by atoms with E-state index in [1.807, 2.05) is 0 Å². The van der Waals surface area contributed by atoms with Gasteiger partial charge in [0.25, 0.3) is 0 Å². The summed E-state index contributed by atoms with van der Waals surface area (Å²) < 4.78 is 44.6. The maximum absolute atomic E-state index is 15.3. The van der Waals surface area contributed by atoms with E-state index in [1.165, 1.54) is 0 Å². The number of nitrogens with zero attached hydrogens (tertiary/aromatic N) is 3. The molecule has 1 aliphatic heterocycles. The number of hydrogen-bond donors (Lipinski definition) is 3. The molecule has 4 N–H and O–H groups in total. The van der Waals surface area contributed by atoms with Crippen molar-refractivity contribution in [2.24, 2.45) is 5.84 Å². The Hall–Kier alpha value is -2.63. The van der Waals surface area contributed by atoms with E-state index in [2.05, 4.69) is 5.43 Å². The van der Waals surface area contributed by atoms with Gasteiger partial charge in [-0.3, -0.25) is 10.6 Å². The van der Waals surface area contributed by atoms with Crippen molar-refractivity contribution in [1.82, 2.24) is 14.6 Å². The summed E-state index contributed by atoms with van der Waals surface area (Å²) in [5.41, 5.74) is 0.182. The van der Waals surface area contributed by atoms with Crippen LogP contribution in [-0.2, 0) is 0 Å². The third-order valence-electron chi connectivity index (χ3n) is 5.06. The monoisotopic (exact) mass is 397 g/mol. The number of carboxylic acid groups (broad SMARTS) is 1. The highest BCUT2D eigenvalue weighted by atomic mass is 19.1. The maximum atomic E-state index is 15.3. The van der Waals surface area contributed by atoms with Crippen molar-refractivity contribution in [1.29, 1.82) is 0 Å². The molecule has 2 heterocycles. The van der Waals surface area contributed by atoms with Gasteiger partial charge in [0, 0.05) is 38.8 Å². The van der Waals surface area contributed by atoms with Crippen molar-refractivity contribution < 1.29 is 23.1 Å². The summed E-state index contributed by atoms with van der Waals surface area (Å²) in [6.07, 6.45) is -0.296. The molecule has 150 valence electrons. The molecule has 1 aromatic heterocycles. The van der Waals surface area contributed by atoms with Crippen LogP contribution in [0.15, 0.2) is 17.1 Å². The van der Waals surface area contributed by atoms with E-state index < -0.39 is 51.9 Å². The second kappa shape index (κ2) is 6.76. The number of hydrogen-bond acceptors (Lipinski definition) is 6. The van der Waals surface area contributed by atoms with Gasteiger partial charge in [0.05, 0.1) is 16.9 Å². The summed E-state index contributed by atoms with van der Waals surface area (Å²) in [6.45, 7) is 1.80. The molecule has 1 aliphatic carbocycles. The summed E-state index contributed by atoms with van der Waals surface area (Å²) in [5, 5.41) is 11.9. The molecule has 2 aliphatic rings. The number of halogens is 3. The Morgan fingerprint density at radius 1 is 1.25 bits per heavy atom. The predicted octanol–water partition coefficient (Wildman–Crippen LogP) is 1.08. The summed E-state index contributed by atoms with van der Waals surface area (Å²) in [4.78, 5) is 23.8. The number of hydrazine groups is 2. The fourth-order valence-electron chi connectivity index (χ4n) is 3.39. The number of carboxylic acids is 1. The topological polar surface area (TPSA) is 104 Å². The van der Waals surface area contributed by atoms with Gasteiger partial charge in [-0.2, -0.15) is 0 Å². The molecule has 0 radical (unpaired) electrons. The van der Waals surface area contributed by atoms with Crippen LogP contribution >= 0.6 is 0 Å². The number of fused-ring (bicyclic) bond motifs is 1. The Labute approximate surface area is 156 Å². The van der Waals surface area contributed by atoms with Crippen molar-refractivity contribution in [3.05, 3.63) is 39.7 Å². The number of alkyl halides is 1. The highest BCUT2D eigenvalue weighted by Gasteiger charge is 2.41. The zero-order valence-corrected chi connectivity index (χ0v) is 14.7. The van der Waals surface area contributed by atoms with Gasteiger partial charge in [-0.25, -0.2) is 28.0 Å². The van der Waals surface area contributed by atoms with E-state index in [0.29, 0.717) is 26.2 Å². The van der Waals surface area contributed by atoms with Crippen molar-refractivity contribution >= 4 is 22.6 Å². The average molecular weight is 397 g/mol. The normalized spacial score (nSPS) is 23.1. The van der Waals surface area contributed by atoms with Crippen LogP contribution in [0, 0.1) is 11.6 Å². The van der Waals surface area contributed by atoms with E-state index in [-0.39, 0.29) is 11.9 Å². The summed E-state index contributed by atoms with van der Waals surface area (Å²) in [6, 6.07) is -0.00400. The predicted molar refractivity (Wildman–Crippen MR) is 94.6 cm³/mol. The summed E-state index contributed by atoms with van der Waals surface area (Å²) >= 11 is 0. The van der Waals surface area contributed by atoms with Crippen LogP contribution in [-0.4, -0.2) is 58.0 Å². The molecule has 1 saturated heterocycles. The van der Waals surface area contributed by atoms with Crippen LogP contribution < -0.4 is 16.7 Å². The SMILES string of the molecule is NN1CCN(Nc2c(F)cc3c(=O)c(C(=O)O)cn(C4CC4F)c3c2F)CC1. The molecule has 2 unspecified atom stereocenters. The lowest BCUT2D eigenvalue weighted by Gasteiger charge is -2.33. The van der Waals surface area contributed by atoms with Crippen LogP contribution in [0.5, 0.6) is 0 Å². The molecule has 11 heteroatoms. The van der Waals surface area contributed by atoms with E-state index >= 15 is 4.39 Å². The van der Waals surface area contributed by atoms with Crippen molar-refractivity contribution in [2.45, 2.75) is 18.6 Å².